The number of hydrogen-bond donors (Lipinski definition) is 4. The van der Waals surface area contributed by atoms with E-state index in [4.69, 9.17) is 20.7 Å². The third-order valence-electron chi connectivity index (χ3n) is 3.13. The van der Waals surface area contributed by atoms with Crippen molar-refractivity contribution in [2.75, 3.05) is 18.5 Å². The summed E-state index contributed by atoms with van der Waals surface area (Å²) in [7, 11) is 0. The topological polar surface area (TPSA) is 164 Å². The number of hydrogen-bond acceptors (Lipinski definition) is 7. The molecule has 0 saturated carbocycles. The molecule has 160 valence electrons. The zero-order chi connectivity index (χ0) is 22.4. The van der Waals surface area contributed by atoms with Crippen molar-refractivity contribution < 1.29 is 29.3 Å². The normalized spacial score (nSPS) is 10.8. The molecule has 11 heteroatoms. The second kappa shape index (κ2) is 13.4. The fraction of sp³-hybridized carbons (Fsp3) is 0.211. The Hall–Kier alpha value is -3.73. The van der Waals surface area contributed by atoms with Gasteiger partial charge in [-0.05, 0) is 19.1 Å². The first kappa shape index (κ1) is 24.3. The largest absolute Gasteiger partial charge is 0.494 e. The molecule has 0 aliphatic heterocycles. The lowest BCUT2D eigenvalue weighted by Crippen LogP contribution is -2.22. The molecule has 2 rings (SSSR count). The van der Waals surface area contributed by atoms with Gasteiger partial charge in [-0.2, -0.15) is 0 Å². The molecular weight excluding hydrogens is 412 g/mol. The van der Waals surface area contributed by atoms with Crippen LogP contribution in [0.2, 0.25) is 0 Å². The van der Waals surface area contributed by atoms with Crippen LogP contribution >= 0.6 is 11.3 Å². The third-order valence-corrected chi connectivity index (χ3v) is 3.82. The zero-order valence-electron chi connectivity index (χ0n) is 16.1. The molecule has 0 fully saturated rings. The summed E-state index contributed by atoms with van der Waals surface area (Å²) in [5, 5.41) is 21.1. The molecular formula is C19H22N4O6S. The van der Waals surface area contributed by atoms with Gasteiger partial charge < -0.3 is 26.0 Å². The van der Waals surface area contributed by atoms with Crippen LogP contribution in [0.15, 0.2) is 53.0 Å². The van der Waals surface area contributed by atoms with Crippen molar-refractivity contribution >= 4 is 40.1 Å². The Kier molecular flexibility index (Phi) is 10.9. The molecule has 1 heterocycles. The van der Waals surface area contributed by atoms with Gasteiger partial charge in [0.1, 0.15) is 5.75 Å². The third kappa shape index (κ3) is 11.2. The number of guanidine groups is 1. The molecule has 1 aromatic heterocycles. The van der Waals surface area contributed by atoms with E-state index in [9.17, 15) is 14.4 Å². The van der Waals surface area contributed by atoms with Gasteiger partial charge in [0, 0.05) is 42.3 Å². The van der Waals surface area contributed by atoms with E-state index >= 15 is 0 Å². The number of rotatable bonds is 9. The molecule has 30 heavy (non-hydrogen) atoms. The van der Waals surface area contributed by atoms with Crippen LogP contribution in [0.25, 0.3) is 0 Å². The second-order valence-electron chi connectivity index (χ2n) is 5.53. The number of nitrogens with two attached hydrogens (primary N) is 1. The number of carboxylic acid groups (broad SMARTS) is 2. The van der Waals surface area contributed by atoms with Crippen molar-refractivity contribution in [3.63, 3.8) is 0 Å². The zero-order valence-corrected chi connectivity index (χ0v) is 17.0. The Balaban J connectivity index is 0.000000479. The van der Waals surface area contributed by atoms with E-state index in [1.54, 1.807) is 24.4 Å². The Labute approximate surface area is 176 Å². The number of nitrogens with one attached hydrogen (secondary N) is 1. The summed E-state index contributed by atoms with van der Waals surface area (Å²) in [6.07, 6.45) is 3.54. The van der Waals surface area contributed by atoms with Crippen molar-refractivity contribution in [1.29, 1.82) is 0 Å². The first-order valence-corrected chi connectivity index (χ1v) is 9.50. The van der Waals surface area contributed by atoms with E-state index in [1.165, 1.54) is 18.3 Å². The Morgan fingerprint density at radius 1 is 1.27 bits per heavy atom. The molecule has 2 aromatic rings. The molecule has 0 amide bonds. The average molecular weight is 434 g/mol. The highest BCUT2D eigenvalue weighted by molar-refractivity contribution is 7.13. The maximum Gasteiger partial charge on any atom is 0.328 e. The highest BCUT2D eigenvalue weighted by atomic mass is 32.1. The quantitative estimate of drug-likeness (QED) is 0.152. The molecule has 0 aliphatic rings. The Morgan fingerprint density at radius 3 is 2.53 bits per heavy atom. The van der Waals surface area contributed by atoms with Gasteiger partial charge in [0.2, 0.25) is 0 Å². The molecule has 0 saturated heterocycles. The standard InChI is InChI=1S/C15H18N4O2S.C4H4O4/c1-11(20)12-4-2-5-13(10-12)21-8-3-6-17-14(16)19-15-18-7-9-22-15;5-3(6)1-2-4(7)8/h2,4-5,7,9-10H,3,6,8H2,1H3,(H3,16,17,18,19);1-2H,(H,5,6)(H,7,8)/b;2-1+. The summed E-state index contributed by atoms with van der Waals surface area (Å²) < 4.78 is 5.59. The minimum absolute atomic E-state index is 0.0242. The first-order chi connectivity index (χ1) is 14.3. The number of thiazole rings is 1. The molecule has 0 atom stereocenters. The van der Waals surface area contributed by atoms with Crippen molar-refractivity contribution in [2.24, 2.45) is 10.7 Å². The molecule has 0 spiro atoms. The lowest BCUT2D eigenvalue weighted by Gasteiger charge is -2.06. The number of ether oxygens (including phenoxy) is 1. The van der Waals surface area contributed by atoms with Gasteiger partial charge in [0.15, 0.2) is 16.9 Å². The number of nitrogens with zero attached hydrogens (tertiary/aromatic N) is 2. The predicted octanol–water partition coefficient (Wildman–Crippen LogP) is 2.25. The van der Waals surface area contributed by atoms with Crippen LogP contribution in [0, 0.1) is 0 Å². The number of anilines is 1. The van der Waals surface area contributed by atoms with Crippen LogP contribution in [-0.2, 0) is 9.59 Å². The number of carbonyl (C=O) groups excluding carboxylic acids is 1. The highest BCUT2D eigenvalue weighted by Crippen LogP contribution is 2.14. The molecule has 5 N–H and O–H groups in total. The average Bonchev–Trinajstić information content (AvgIpc) is 3.19. The van der Waals surface area contributed by atoms with E-state index in [1.807, 2.05) is 11.4 Å². The van der Waals surface area contributed by atoms with Gasteiger partial charge in [-0.1, -0.05) is 12.1 Å². The number of aromatic nitrogens is 1. The van der Waals surface area contributed by atoms with Crippen LogP contribution in [0.3, 0.4) is 0 Å². The number of carboxylic acids is 2. The van der Waals surface area contributed by atoms with Crippen molar-refractivity contribution in [3.8, 4) is 5.75 Å². The maximum absolute atomic E-state index is 11.3. The Morgan fingerprint density at radius 2 is 1.97 bits per heavy atom. The van der Waals surface area contributed by atoms with Crippen molar-refractivity contribution in [1.82, 2.24) is 4.98 Å². The first-order valence-electron chi connectivity index (χ1n) is 8.62. The number of carbonyl (C=O) groups is 3. The number of aliphatic carboxylic acids is 2. The molecule has 1 aromatic carbocycles. The van der Waals surface area contributed by atoms with Gasteiger partial charge in [-0.15, -0.1) is 11.3 Å². The highest BCUT2D eigenvalue weighted by Gasteiger charge is 2.01. The predicted molar refractivity (Wildman–Crippen MR) is 113 cm³/mol. The number of aliphatic imine (C=N–C) groups is 1. The van der Waals surface area contributed by atoms with Crippen molar-refractivity contribution in [3.05, 3.63) is 53.6 Å². The fourth-order valence-corrected chi connectivity index (χ4v) is 2.37. The molecule has 10 nitrogen and oxygen atoms in total. The summed E-state index contributed by atoms with van der Waals surface area (Å²) in [5.74, 6) is -1.46. The van der Waals surface area contributed by atoms with Crippen LogP contribution in [0.5, 0.6) is 5.75 Å². The number of benzene rings is 1. The molecule has 0 radical (unpaired) electrons. The van der Waals surface area contributed by atoms with Crippen molar-refractivity contribution in [2.45, 2.75) is 13.3 Å². The minimum Gasteiger partial charge on any atom is -0.494 e. The lowest BCUT2D eigenvalue weighted by atomic mass is 10.1. The van der Waals surface area contributed by atoms with Gasteiger partial charge in [-0.3, -0.25) is 9.79 Å². The monoisotopic (exact) mass is 434 g/mol. The van der Waals surface area contributed by atoms with E-state index < -0.39 is 11.9 Å². The number of ketones is 1. The van der Waals surface area contributed by atoms with Gasteiger partial charge in [-0.25, -0.2) is 14.6 Å². The lowest BCUT2D eigenvalue weighted by molar-refractivity contribution is -0.134. The van der Waals surface area contributed by atoms with E-state index in [0.717, 1.165) is 11.6 Å². The van der Waals surface area contributed by atoms with Crippen LogP contribution in [-0.4, -0.2) is 52.0 Å². The van der Waals surface area contributed by atoms with Crippen LogP contribution in [0.1, 0.15) is 23.7 Å². The SMILES string of the molecule is CC(=O)c1cccc(OCCCN=C(N)Nc2nccs2)c1.O=C(O)/C=C/C(=O)O. The van der Waals surface area contributed by atoms with Gasteiger partial charge in [0.25, 0.3) is 0 Å². The summed E-state index contributed by atoms with van der Waals surface area (Å²) in [6.45, 7) is 2.60. The summed E-state index contributed by atoms with van der Waals surface area (Å²) in [4.78, 5) is 38.6. The molecule has 0 bridgehead atoms. The number of Topliss-reactive ketones (excluding diaryl/α,β-unsaturated/α-hetero) is 1. The smallest absolute Gasteiger partial charge is 0.328 e. The summed E-state index contributed by atoms with van der Waals surface area (Å²) >= 11 is 1.46. The maximum atomic E-state index is 11.3. The van der Waals surface area contributed by atoms with E-state index in [2.05, 4.69) is 15.3 Å². The summed E-state index contributed by atoms with van der Waals surface area (Å²) in [5.41, 5.74) is 6.38. The second-order valence-corrected chi connectivity index (χ2v) is 6.42. The fourth-order valence-electron chi connectivity index (χ4n) is 1.84. The minimum atomic E-state index is -1.26. The van der Waals surface area contributed by atoms with Gasteiger partial charge >= 0.3 is 11.9 Å². The van der Waals surface area contributed by atoms with Gasteiger partial charge in [0.05, 0.1) is 6.61 Å². The van der Waals surface area contributed by atoms with E-state index in [-0.39, 0.29) is 5.78 Å². The summed E-state index contributed by atoms with van der Waals surface area (Å²) in [6, 6.07) is 7.14. The van der Waals surface area contributed by atoms with Crippen LogP contribution in [0.4, 0.5) is 5.13 Å². The molecule has 0 aliphatic carbocycles. The Bertz CT molecular complexity index is 880. The van der Waals surface area contributed by atoms with Crippen LogP contribution < -0.4 is 15.8 Å². The molecule has 0 unspecified atom stereocenters. The van der Waals surface area contributed by atoms with E-state index in [0.29, 0.717) is 42.6 Å².